The zero-order valence-corrected chi connectivity index (χ0v) is 25.8. The van der Waals surface area contributed by atoms with Gasteiger partial charge in [0.2, 0.25) is 5.78 Å². The number of rotatable bonds is 17. The number of aromatic nitrogens is 1. The highest BCUT2D eigenvalue weighted by Crippen LogP contribution is 2.34. The smallest absolute Gasteiger partial charge is 0.344 e. The van der Waals surface area contributed by atoms with Crippen molar-refractivity contribution in [3.05, 3.63) is 29.5 Å². The second-order valence-corrected chi connectivity index (χ2v) is 11.5. The summed E-state index contributed by atoms with van der Waals surface area (Å²) in [5, 5.41) is 13.7. The summed E-state index contributed by atoms with van der Waals surface area (Å²) >= 11 is 3.48. The van der Waals surface area contributed by atoms with Crippen LogP contribution in [0.25, 0.3) is 10.9 Å². The van der Waals surface area contributed by atoms with Crippen LogP contribution in [0.15, 0.2) is 18.2 Å². The summed E-state index contributed by atoms with van der Waals surface area (Å²) in [6.07, 6.45) is 12.4. The summed E-state index contributed by atoms with van der Waals surface area (Å²) in [4.78, 5) is 37.2. The van der Waals surface area contributed by atoms with E-state index in [0.717, 1.165) is 35.9 Å². The van der Waals surface area contributed by atoms with E-state index in [1.807, 2.05) is 19.1 Å². The number of ketones is 2. The molecule has 1 heterocycles. The number of nitrogens with zero attached hydrogens (tertiary/aromatic N) is 3. The summed E-state index contributed by atoms with van der Waals surface area (Å²) in [6.45, 7) is 9.05. The fraction of sp³-hybridized carbons (Fsp3) is 0.633. The zero-order chi connectivity index (χ0) is 29.4. The molecular weight excluding hydrogens is 562 g/mol. The average molecular weight is 607 g/mol. The highest BCUT2D eigenvalue weighted by atomic mass is 79.9. The van der Waals surface area contributed by atoms with Crippen LogP contribution in [-0.4, -0.2) is 39.6 Å². The Balaban J connectivity index is 0.00000371. The molecule has 0 N–H and O–H groups in total. The van der Waals surface area contributed by atoms with Crippen LogP contribution in [0.4, 0.5) is 0 Å². The number of hydrogen-bond donors (Lipinski definition) is 0. The van der Waals surface area contributed by atoms with Crippen LogP contribution in [0.2, 0.25) is 0 Å². The van der Waals surface area contributed by atoms with Crippen LogP contribution in [0.3, 0.4) is 0 Å². The molecule has 0 radical (unpaired) electrons. The fourth-order valence-electron chi connectivity index (χ4n) is 4.64. The van der Waals surface area contributed by atoms with Crippen LogP contribution >= 0.6 is 15.9 Å². The van der Waals surface area contributed by atoms with Crippen LogP contribution < -0.4 is 4.74 Å². The van der Waals surface area contributed by atoms with Crippen molar-refractivity contribution in [2.45, 2.75) is 111 Å². The van der Waals surface area contributed by atoms with Crippen LogP contribution in [0, 0.1) is 17.7 Å². The maximum atomic E-state index is 12.9. The number of Topliss-reactive ketones (excluding diaryl/α,β-unsaturated/α-hetero) is 2. The zero-order valence-electron chi connectivity index (χ0n) is 24.2. The van der Waals surface area contributed by atoms with Gasteiger partial charge in [-0.2, -0.15) is 0 Å². The lowest BCUT2D eigenvalue weighted by molar-refractivity contribution is -0.157. The van der Waals surface area contributed by atoms with Crippen molar-refractivity contribution in [3.8, 4) is 5.75 Å². The van der Waals surface area contributed by atoms with Gasteiger partial charge in [-0.25, -0.2) is 4.79 Å². The van der Waals surface area contributed by atoms with Gasteiger partial charge in [0, 0.05) is 35.3 Å². The molecule has 9 heteroatoms. The summed E-state index contributed by atoms with van der Waals surface area (Å²) in [5.74, 6) is -1.13. The van der Waals surface area contributed by atoms with Crippen molar-refractivity contribution in [3.63, 3.8) is 0 Å². The van der Waals surface area contributed by atoms with Crippen molar-refractivity contribution in [1.29, 1.82) is 10.8 Å². The van der Waals surface area contributed by atoms with E-state index in [-0.39, 0.29) is 6.61 Å². The topological polar surface area (TPSA) is 122 Å². The molecule has 0 atom stereocenters. The van der Waals surface area contributed by atoms with Gasteiger partial charge in [0.15, 0.2) is 12.4 Å². The summed E-state index contributed by atoms with van der Waals surface area (Å²) in [5.41, 5.74) is 1.34. The minimum atomic E-state index is -0.616. The SMILES string of the molecule is CC(=O)C(=O)c1c(C)n(CCCCCCCCCCCCBr)c2cccc(OCC(=O)OC(C)(C)C)c12.N#N. The Morgan fingerprint density at radius 3 is 1.95 bits per heavy atom. The van der Waals surface area contributed by atoms with Crippen LogP contribution in [-0.2, 0) is 20.9 Å². The van der Waals surface area contributed by atoms with E-state index >= 15 is 0 Å². The Morgan fingerprint density at radius 1 is 0.897 bits per heavy atom. The van der Waals surface area contributed by atoms with Gasteiger partial charge >= 0.3 is 5.97 Å². The lowest BCUT2D eigenvalue weighted by Gasteiger charge is -2.19. The molecule has 0 saturated carbocycles. The number of carbonyl (C=O) groups is 3. The van der Waals surface area contributed by atoms with Gasteiger partial charge in [-0.15, -0.1) is 0 Å². The van der Waals surface area contributed by atoms with Gasteiger partial charge in [-0.3, -0.25) is 9.59 Å². The highest BCUT2D eigenvalue weighted by Gasteiger charge is 2.26. The number of esters is 1. The van der Waals surface area contributed by atoms with Gasteiger partial charge in [-0.1, -0.05) is 73.4 Å². The molecule has 0 unspecified atom stereocenters. The van der Waals surface area contributed by atoms with Crippen molar-refractivity contribution < 1.29 is 23.9 Å². The van der Waals surface area contributed by atoms with Crippen LogP contribution in [0.5, 0.6) is 5.75 Å². The molecule has 2 rings (SSSR count). The number of benzene rings is 1. The van der Waals surface area contributed by atoms with Crippen molar-refractivity contribution in [2.75, 3.05) is 11.9 Å². The quantitative estimate of drug-likeness (QED) is 0.0450. The van der Waals surface area contributed by atoms with Crippen molar-refractivity contribution >= 4 is 44.4 Å². The largest absolute Gasteiger partial charge is 0.481 e. The number of carbonyl (C=O) groups excluding carboxylic acids is 3. The van der Waals surface area contributed by atoms with E-state index < -0.39 is 23.1 Å². The monoisotopic (exact) mass is 605 g/mol. The number of hydrogen-bond acceptors (Lipinski definition) is 7. The summed E-state index contributed by atoms with van der Waals surface area (Å²) < 4.78 is 13.3. The van der Waals surface area contributed by atoms with E-state index in [1.54, 1.807) is 26.8 Å². The van der Waals surface area contributed by atoms with Crippen molar-refractivity contribution in [2.24, 2.45) is 0 Å². The van der Waals surface area contributed by atoms with Gasteiger partial charge in [0.1, 0.15) is 11.4 Å². The molecular formula is C30H44BrN3O5. The number of unbranched alkanes of at least 4 members (excludes halogenated alkanes) is 9. The number of halogens is 1. The third-order valence-electron chi connectivity index (χ3n) is 6.39. The Morgan fingerprint density at radius 2 is 1.44 bits per heavy atom. The maximum absolute atomic E-state index is 12.9. The molecule has 1 aromatic heterocycles. The number of ether oxygens (including phenoxy) is 2. The Labute approximate surface area is 241 Å². The molecule has 0 spiro atoms. The maximum Gasteiger partial charge on any atom is 0.344 e. The predicted octanol–water partition coefficient (Wildman–Crippen LogP) is 7.77. The highest BCUT2D eigenvalue weighted by molar-refractivity contribution is 9.09. The molecule has 0 amide bonds. The molecule has 0 bridgehead atoms. The molecule has 0 fully saturated rings. The molecule has 0 aliphatic heterocycles. The second-order valence-electron chi connectivity index (χ2n) is 10.7. The first kappa shape index (κ1) is 34.3. The summed E-state index contributed by atoms with van der Waals surface area (Å²) in [7, 11) is 0. The van der Waals surface area contributed by atoms with Gasteiger partial charge in [0.25, 0.3) is 0 Å². The summed E-state index contributed by atoms with van der Waals surface area (Å²) in [6, 6.07) is 5.52. The van der Waals surface area contributed by atoms with E-state index in [0.29, 0.717) is 16.7 Å². The predicted molar refractivity (Wildman–Crippen MR) is 156 cm³/mol. The van der Waals surface area contributed by atoms with E-state index in [1.165, 1.54) is 58.3 Å². The molecule has 0 saturated heterocycles. The number of fused-ring (bicyclic) bond motifs is 1. The molecule has 39 heavy (non-hydrogen) atoms. The first-order chi connectivity index (χ1) is 18.6. The standard InChI is InChI=1S/C30H44BrNO5.N2/c1-22-27(29(35)23(2)33)28-24(17-16-18-25(28)36-21-26(34)37-30(3,4)5)32(22)20-15-13-11-9-7-6-8-10-12-14-19-31;1-2/h16-18H,6-15,19-21H2,1-5H3;. The third kappa shape index (κ3) is 11.5. The van der Waals surface area contributed by atoms with E-state index in [2.05, 4.69) is 20.5 Å². The lowest BCUT2D eigenvalue weighted by atomic mass is 10.0. The molecule has 0 aliphatic rings. The number of alkyl halides is 1. The Kier molecular flexibility index (Phi) is 15.6. The molecule has 0 aliphatic carbocycles. The minimum Gasteiger partial charge on any atom is -0.481 e. The molecule has 1 aromatic carbocycles. The fourth-order valence-corrected chi connectivity index (χ4v) is 5.04. The van der Waals surface area contributed by atoms with Crippen LogP contribution in [0.1, 0.15) is 108 Å². The normalized spacial score (nSPS) is 11.1. The molecule has 216 valence electrons. The minimum absolute atomic E-state index is 0.273. The second kappa shape index (κ2) is 17.8. The third-order valence-corrected chi connectivity index (χ3v) is 6.95. The first-order valence-electron chi connectivity index (χ1n) is 13.8. The number of aryl methyl sites for hydroxylation is 1. The molecule has 8 nitrogen and oxygen atoms in total. The van der Waals surface area contributed by atoms with E-state index in [9.17, 15) is 14.4 Å². The molecule has 2 aromatic rings. The average Bonchev–Trinajstić information content (AvgIpc) is 3.17. The van der Waals surface area contributed by atoms with Gasteiger partial charge in [-0.05, 0) is 52.7 Å². The van der Waals surface area contributed by atoms with E-state index in [4.69, 9.17) is 20.3 Å². The Hall–Kier alpha value is -2.73. The van der Waals surface area contributed by atoms with Gasteiger partial charge in [0.05, 0.1) is 16.5 Å². The van der Waals surface area contributed by atoms with Gasteiger partial charge < -0.3 is 14.0 Å². The lowest BCUT2D eigenvalue weighted by Crippen LogP contribution is -2.27. The van der Waals surface area contributed by atoms with Crippen molar-refractivity contribution in [1.82, 2.24) is 4.57 Å². The first-order valence-corrected chi connectivity index (χ1v) is 15.0. The Bertz CT molecular complexity index is 1100.